The van der Waals surface area contributed by atoms with Crippen LogP contribution in [-0.4, -0.2) is 26.5 Å². The van der Waals surface area contributed by atoms with E-state index >= 15 is 0 Å². The molecule has 0 saturated heterocycles. The van der Waals surface area contributed by atoms with E-state index in [1.807, 2.05) is 42.5 Å². The number of hydrogen-bond donors (Lipinski definition) is 1. The van der Waals surface area contributed by atoms with Gasteiger partial charge in [0.05, 0.1) is 6.54 Å². The standard InChI is InChI=1S/C24H21FN4OS/c25-19-4-1-3-17(13-19)15-31-24-28-21-5-2-12-26-22(21)29(24)14-16-6-8-18(9-7-16)23(30)27-20-10-11-20/h1-9,12-13,20H,10-11,14-15H2,(H,27,30). The first-order valence-electron chi connectivity index (χ1n) is 10.2. The molecule has 2 heterocycles. The van der Waals surface area contributed by atoms with Crippen molar-refractivity contribution in [2.45, 2.75) is 36.3 Å². The van der Waals surface area contributed by atoms with E-state index in [-0.39, 0.29) is 11.7 Å². The predicted octanol–water partition coefficient (Wildman–Crippen LogP) is 4.80. The molecule has 2 aromatic heterocycles. The zero-order valence-electron chi connectivity index (χ0n) is 16.8. The van der Waals surface area contributed by atoms with E-state index in [0.29, 0.717) is 23.9 Å². The van der Waals surface area contributed by atoms with Gasteiger partial charge in [-0.2, -0.15) is 0 Å². The number of aromatic nitrogens is 3. The maximum Gasteiger partial charge on any atom is 0.251 e. The molecule has 0 bridgehead atoms. The molecular formula is C24H21FN4OS. The Morgan fingerprint density at radius 2 is 1.94 bits per heavy atom. The van der Waals surface area contributed by atoms with Crippen molar-refractivity contribution in [2.75, 3.05) is 0 Å². The van der Waals surface area contributed by atoms with Crippen LogP contribution < -0.4 is 5.32 Å². The number of halogens is 1. The molecular weight excluding hydrogens is 411 g/mol. The van der Waals surface area contributed by atoms with Crippen molar-refractivity contribution in [1.29, 1.82) is 0 Å². The molecule has 1 amide bonds. The van der Waals surface area contributed by atoms with Gasteiger partial charge in [-0.3, -0.25) is 9.36 Å². The van der Waals surface area contributed by atoms with E-state index in [2.05, 4.69) is 14.9 Å². The highest BCUT2D eigenvalue weighted by molar-refractivity contribution is 7.98. The summed E-state index contributed by atoms with van der Waals surface area (Å²) in [5, 5.41) is 3.84. The quantitative estimate of drug-likeness (QED) is 0.426. The maximum absolute atomic E-state index is 13.5. The fourth-order valence-electron chi connectivity index (χ4n) is 3.41. The number of benzene rings is 2. The van der Waals surface area contributed by atoms with Gasteiger partial charge in [0.2, 0.25) is 0 Å². The van der Waals surface area contributed by atoms with Crippen molar-refractivity contribution in [3.63, 3.8) is 0 Å². The van der Waals surface area contributed by atoms with Gasteiger partial charge in [0.25, 0.3) is 5.91 Å². The zero-order valence-corrected chi connectivity index (χ0v) is 17.6. The summed E-state index contributed by atoms with van der Waals surface area (Å²) in [6.45, 7) is 0.587. The van der Waals surface area contributed by atoms with Crippen molar-refractivity contribution in [3.05, 3.63) is 89.4 Å². The first-order chi connectivity index (χ1) is 15.2. The van der Waals surface area contributed by atoms with Crippen LogP contribution in [0.2, 0.25) is 0 Å². The molecule has 5 rings (SSSR count). The van der Waals surface area contributed by atoms with E-state index < -0.39 is 0 Å². The number of thioether (sulfide) groups is 1. The summed E-state index contributed by atoms with van der Waals surface area (Å²) in [6.07, 6.45) is 3.90. The highest BCUT2D eigenvalue weighted by Gasteiger charge is 2.23. The fraction of sp³-hybridized carbons (Fsp3) is 0.208. The fourth-order valence-corrected chi connectivity index (χ4v) is 4.35. The lowest BCUT2D eigenvalue weighted by Crippen LogP contribution is -2.25. The molecule has 156 valence electrons. The van der Waals surface area contributed by atoms with Gasteiger partial charge in [0.15, 0.2) is 10.8 Å². The Balaban J connectivity index is 1.37. The monoisotopic (exact) mass is 432 g/mol. The molecule has 31 heavy (non-hydrogen) atoms. The Hall–Kier alpha value is -3.19. The summed E-state index contributed by atoms with van der Waals surface area (Å²) >= 11 is 1.56. The Labute approximate surface area is 183 Å². The third-order valence-corrected chi connectivity index (χ3v) is 6.24. The van der Waals surface area contributed by atoms with Crippen LogP contribution in [0, 0.1) is 5.82 Å². The van der Waals surface area contributed by atoms with Crippen molar-refractivity contribution < 1.29 is 9.18 Å². The summed E-state index contributed by atoms with van der Waals surface area (Å²) in [7, 11) is 0. The number of pyridine rings is 1. The number of nitrogens with zero attached hydrogens (tertiary/aromatic N) is 3. The smallest absolute Gasteiger partial charge is 0.251 e. The lowest BCUT2D eigenvalue weighted by Gasteiger charge is -2.10. The number of amides is 1. The van der Waals surface area contributed by atoms with Gasteiger partial charge in [0.1, 0.15) is 11.3 Å². The van der Waals surface area contributed by atoms with Crippen LogP contribution in [0.3, 0.4) is 0 Å². The molecule has 1 saturated carbocycles. The Kier molecular flexibility index (Phi) is 5.42. The Morgan fingerprint density at radius 1 is 1.10 bits per heavy atom. The van der Waals surface area contributed by atoms with Gasteiger partial charge in [0, 0.05) is 23.6 Å². The Morgan fingerprint density at radius 3 is 2.71 bits per heavy atom. The number of fused-ring (bicyclic) bond motifs is 1. The average molecular weight is 433 g/mol. The van der Waals surface area contributed by atoms with E-state index in [4.69, 9.17) is 4.98 Å². The van der Waals surface area contributed by atoms with Crippen LogP contribution in [0.4, 0.5) is 4.39 Å². The second-order valence-corrected chi connectivity index (χ2v) is 8.63. The van der Waals surface area contributed by atoms with Crippen molar-refractivity contribution >= 4 is 28.8 Å². The molecule has 1 aliphatic carbocycles. The summed E-state index contributed by atoms with van der Waals surface area (Å²) in [6, 6.07) is 18.4. The second-order valence-electron chi connectivity index (χ2n) is 7.69. The predicted molar refractivity (Wildman–Crippen MR) is 120 cm³/mol. The van der Waals surface area contributed by atoms with Gasteiger partial charge < -0.3 is 5.32 Å². The van der Waals surface area contributed by atoms with Crippen LogP contribution in [0.1, 0.15) is 34.3 Å². The topological polar surface area (TPSA) is 59.8 Å². The number of nitrogens with one attached hydrogen (secondary N) is 1. The van der Waals surface area contributed by atoms with Gasteiger partial charge in [-0.15, -0.1) is 0 Å². The molecule has 7 heteroatoms. The third kappa shape index (κ3) is 4.61. The van der Waals surface area contributed by atoms with Gasteiger partial charge in [-0.1, -0.05) is 36.0 Å². The Bertz CT molecular complexity index is 1230. The van der Waals surface area contributed by atoms with Crippen LogP contribution in [0.15, 0.2) is 72.0 Å². The summed E-state index contributed by atoms with van der Waals surface area (Å²) in [5.74, 6) is 0.357. The number of carbonyl (C=O) groups is 1. The number of hydrogen-bond acceptors (Lipinski definition) is 4. The van der Waals surface area contributed by atoms with Crippen molar-refractivity contribution in [3.8, 4) is 0 Å². The molecule has 0 aliphatic heterocycles. The van der Waals surface area contributed by atoms with Crippen LogP contribution in [0.5, 0.6) is 0 Å². The molecule has 0 radical (unpaired) electrons. The SMILES string of the molecule is O=C(NC1CC1)c1ccc(Cn2c(SCc3cccc(F)c3)nc3cccnc32)cc1. The van der Waals surface area contributed by atoms with Crippen LogP contribution in [0.25, 0.3) is 11.2 Å². The minimum Gasteiger partial charge on any atom is -0.349 e. The molecule has 1 fully saturated rings. The van der Waals surface area contributed by atoms with Gasteiger partial charge in [-0.25, -0.2) is 14.4 Å². The number of imidazole rings is 1. The highest BCUT2D eigenvalue weighted by Crippen LogP contribution is 2.27. The van der Waals surface area contributed by atoms with E-state index in [9.17, 15) is 9.18 Å². The third-order valence-electron chi connectivity index (χ3n) is 5.20. The molecule has 2 aromatic carbocycles. The van der Waals surface area contributed by atoms with E-state index in [1.165, 1.54) is 6.07 Å². The van der Waals surface area contributed by atoms with Gasteiger partial charge >= 0.3 is 0 Å². The first-order valence-corrected chi connectivity index (χ1v) is 11.2. The summed E-state index contributed by atoms with van der Waals surface area (Å²) in [5.41, 5.74) is 4.26. The van der Waals surface area contributed by atoms with Crippen molar-refractivity contribution in [1.82, 2.24) is 19.9 Å². The number of rotatable bonds is 7. The van der Waals surface area contributed by atoms with Crippen molar-refractivity contribution in [2.24, 2.45) is 0 Å². The van der Waals surface area contributed by atoms with E-state index in [1.54, 1.807) is 30.1 Å². The lowest BCUT2D eigenvalue weighted by molar-refractivity contribution is 0.0951. The second kappa shape index (κ2) is 8.51. The summed E-state index contributed by atoms with van der Waals surface area (Å²) < 4.78 is 15.6. The first kappa shape index (κ1) is 19.8. The molecule has 4 aromatic rings. The molecule has 1 N–H and O–H groups in total. The minimum atomic E-state index is -0.237. The van der Waals surface area contributed by atoms with Crippen LogP contribution >= 0.6 is 11.8 Å². The molecule has 1 aliphatic rings. The highest BCUT2D eigenvalue weighted by atomic mass is 32.2. The van der Waals surface area contributed by atoms with E-state index in [0.717, 1.165) is 40.3 Å². The molecule has 0 unspecified atom stereocenters. The largest absolute Gasteiger partial charge is 0.349 e. The normalized spacial score (nSPS) is 13.5. The molecule has 5 nitrogen and oxygen atoms in total. The lowest BCUT2D eigenvalue weighted by atomic mass is 10.1. The maximum atomic E-state index is 13.5. The van der Waals surface area contributed by atoms with Crippen LogP contribution in [-0.2, 0) is 12.3 Å². The average Bonchev–Trinajstić information content (AvgIpc) is 3.53. The zero-order chi connectivity index (χ0) is 21.2. The number of carbonyl (C=O) groups excluding carboxylic acids is 1. The molecule has 0 atom stereocenters. The summed E-state index contributed by atoms with van der Waals surface area (Å²) in [4.78, 5) is 21.5. The molecule has 0 spiro atoms. The minimum absolute atomic E-state index is 0.0184. The van der Waals surface area contributed by atoms with Gasteiger partial charge in [-0.05, 0) is 60.4 Å².